The van der Waals surface area contributed by atoms with Gasteiger partial charge < -0.3 is 19.8 Å². The van der Waals surface area contributed by atoms with Crippen molar-refractivity contribution in [2.75, 3.05) is 40.9 Å². The Morgan fingerprint density at radius 3 is 1.71 bits per heavy atom. The number of amides is 1. The van der Waals surface area contributed by atoms with Gasteiger partial charge in [0.2, 0.25) is 5.91 Å². The molecule has 0 radical (unpaired) electrons. The second-order valence-electron chi connectivity index (χ2n) is 14.3. The van der Waals surface area contributed by atoms with Gasteiger partial charge in [0, 0.05) is 6.42 Å². The molecule has 0 rings (SSSR count). The van der Waals surface area contributed by atoms with Gasteiger partial charge in [-0.15, -0.1) is 0 Å². The Morgan fingerprint density at radius 1 is 0.688 bits per heavy atom. The zero-order chi connectivity index (χ0) is 35.8. The molecule has 0 spiro atoms. The number of unbranched alkanes of at least 4 members (excludes halogenated alkanes) is 17. The number of quaternary nitrogens is 1. The van der Waals surface area contributed by atoms with Crippen LogP contribution in [0.1, 0.15) is 155 Å². The van der Waals surface area contributed by atoms with Crippen LogP contribution in [0.3, 0.4) is 0 Å². The summed E-state index contributed by atoms with van der Waals surface area (Å²) in [7, 11) is 1.54. The molecule has 0 aromatic carbocycles. The molecule has 3 atom stereocenters. The third-order valence-electron chi connectivity index (χ3n) is 8.33. The van der Waals surface area contributed by atoms with Crippen LogP contribution in [0.5, 0.6) is 0 Å². The highest BCUT2D eigenvalue weighted by Crippen LogP contribution is 2.43. The van der Waals surface area contributed by atoms with Crippen molar-refractivity contribution in [1.29, 1.82) is 0 Å². The van der Waals surface area contributed by atoms with Crippen molar-refractivity contribution in [2.45, 2.75) is 167 Å². The zero-order valence-electron chi connectivity index (χ0n) is 31.7. The Hall–Kier alpha value is -1.28. The Balaban J connectivity index is 4.46. The maximum Gasteiger partial charge on any atom is 0.472 e. The molecule has 282 valence electrons. The van der Waals surface area contributed by atoms with E-state index in [1.807, 2.05) is 27.2 Å². The molecule has 1 amide bonds. The summed E-state index contributed by atoms with van der Waals surface area (Å²) in [6, 6.07) is -0.861. The zero-order valence-corrected chi connectivity index (χ0v) is 32.6. The second kappa shape index (κ2) is 31.7. The molecule has 0 aromatic heterocycles. The first-order valence-corrected chi connectivity index (χ1v) is 20.9. The molecule has 9 heteroatoms. The van der Waals surface area contributed by atoms with E-state index in [1.54, 1.807) is 6.08 Å². The number of nitrogens with zero attached hydrogens (tertiary/aromatic N) is 1. The van der Waals surface area contributed by atoms with Gasteiger partial charge in [-0.1, -0.05) is 127 Å². The molecule has 48 heavy (non-hydrogen) atoms. The van der Waals surface area contributed by atoms with Crippen LogP contribution in [0, 0.1) is 0 Å². The lowest BCUT2D eigenvalue weighted by molar-refractivity contribution is -0.870. The first kappa shape index (κ1) is 46.7. The van der Waals surface area contributed by atoms with Crippen molar-refractivity contribution in [3.63, 3.8) is 0 Å². The summed E-state index contributed by atoms with van der Waals surface area (Å²) in [6.45, 7) is 4.71. The first-order chi connectivity index (χ1) is 23.0. The summed E-state index contributed by atoms with van der Waals surface area (Å²) < 4.78 is 23.4. The third kappa shape index (κ3) is 33.2. The molecule has 3 N–H and O–H groups in total. The molecule has 8 nitrogen and oxygen atoms in total. The number of aliphatic hydroxyl groups excluding tert-OH is 1. The number of allylic oxidation sites excluding steroid dienone is 5. The highest BCUT2D eigenvalue weighted by Gasteiger charge is 2.27. The van der Waals surface area contributed by atoms with E-state index in [9.17, 15) is 19.4 Å². The molecule has 0 aliphatic carbocycles. The lowest BCUT2D eigenvalue weighted by Gasteiger charge is -2.25. The van der Waals surface area contributed by atoms with Gasteiger partial charge in [0.1, 0.15) is 13.2 Å². The van der Waals surface area contributed by atoms with Gasteiger partial charge in [-0.05, 0) is 57.8 Å². The molecule has 0 bridgehead atoms. The largest absolute Gasteiger partial charge is 0.472 e. The molecule has 0 fully saturated rings. The minimum atomic E-state index is -4.33. The SMILES string of the molecule is CCCCC/C=C/CC/C=C/C(O)C(COP(=O)(O)OCC[N+](C)(C)C)NC(=O)CCCCCCCCC/C=C\CCCCCCCC. The van der Waals surface area contributed by atoms with Gasteiger partial charge >= 0.3 is 7.82 Å². The normalized spacial score (nSPS) is 15.1. The summed E-state index contributed by atoms with van der Waals surface area (Å²) in [5.74, 6) is -0.197. The summed E-state index contributed by atoms with van der Waals surface area (Å²) in [5.41, 5.74) is 0. The van der Waals surface area contributed by atoms with E-state index in [-0.39, 0.29) is 19.1 Å². The van der Waals surface area contributed by atoms with Crippen molar-refractivity contribution < 1.29 is 32.9 Å². The van der Waals surface area contributed by atoms with E-state index in [1.165, 1.54) is 96.3 Å². The molecule has 0 heterocycles. The van der Waals surface area contributed by atoms with E-state index >= 15 is 0 Å². The average molecular weight is 700 g/mol. The molecule has 0 aromatic rings. The summed E-state index contributed by atoms with van der Waals surface area (Å²) in [6.07, 6.45) is 36.5. The Bertz CT molecular complexity index is 886. The molecule has 0 aliphatic heterocycles. The van der Waals surface area contributed by atoms with Crippen molar-refractivity contribution in [3.8, 4) is 0 Å². The number of carbonyl (C=O) groups excluding carboxylic acids is 1. The number of hydrogen-bond donors (Lipinski definition) is 3. The number of carbonyl (C=O) groups is 1. The van der Waals surface area contributed by atoms with E-state index in [0.717, 1.165) is 38.5 Å². The maximum absolute atomic E-state index is 12.8. The van der Waals surface area contributed by atoms with Crippen molar-refractivity contribution >= 4 is 13.7 Å². The standard InChI is InChI=1S/C39H75N2O6P/c1-6-8-10-12-14-16-17-18-19-20-21-22-23-25-27-29-31-33-39(43)40-37(36-47-48(44,45)46-35-34-41(3,4)5)38(42)32-30-28-26-24-15-13-11-9-7-2/h15,18-19,24,30,32,37-38,42H,6-14,16-17,20-23,25-29,31,33-36H2,1-5H3,(H-,40,43,44,45)/p+1/b19-18-,24-15+,32-30+. The van der Waals surface area contributed by atoms with Gasteiger partial charge in [0.15, 0.2) is 0 Å². The number of rotatable bonds is 34. The highest BCUT2D eigenvalue weighted by molar-refractivity contribution is 7.47. The van der Waals surface area contributed by atoms with Crippen LogP contribution < -0.4 is 5.32 Å². The van der Waals surface area contributed by atoms with Gasteiger partial charge in [0.05, 0.1) is 39.9 Å². The molecular weight excluding hydrogens is 623 g/mol. The van der Waals surface area contributed by atoms with Gasteiger partial charge in [-0.25, -0.2) is 4.57 Å². The summed E-state index contributed by atoms with van der Waals surface area (Å²) in [4.78, 5) is 22.9. The maximum atomic E-state index is 12.8. The smallest absolute Gasteiger partial charge is 0.387 e. The predicted octanol–water partition coefficient (Wildman–Crippen LogP) is 9.96. The summed E-state index contributed by atoms with van der Waals surface area (Å²) >= 11 is 0. The van der Waals surface area contributed by atoms with Gasteiger partial charge in [-0.3, -0.25) is 13.8 Å². The third-order valence-corrected chi connectivity index (χ3v) is 9.32. The van der Waals surface area contributed by atoms with Crippen LogP contribution in [0.4, 0.5) is 0 Å². The Morgan fingerprint density at radius 2 is 1.15 bits per heavy atom. The monoisotopic (exact) mass is 700 g/mol. The number of hydrogen-bond acceptors (Lipinski definition) is 5. The molecule has 3 unspecified atom stereocenters. The number of phosphoric ester groups is 1. The van der Waals surface area contributed by atoms with Crippen molar-refractivity contribution in [2.24, 2.45) is 0 Å². The van der Waals surface area contributed by atoms with E-state index < -0.39 is 20.0 Å². The van der Waals surface area contributed by atoms with Crippen molar-refractivity contribution in [3.05, 3.63) is 36.5 Å². The fraction of sp³-hybridized carbons (Fsp3) is 0.821. The van der Waals surface area contributed by atoms with E-state index in [4.69, 9.17) is 9.05 Å². The average Bonchev–Trinajstić information content (AvgIpc) is 3.02. The lowest BCUT2D eigenvalue weighted by Crippen LogP contribution is -2.45. The van der Waals surface area contributed by atoms with E-state index in [0.29, 0.717) is 17.4 Å². The quantitative estimate of drug-likeness (QED) is 0.0267. The van der Waals surface area contributed by atoms with E-state index in [2.05, 4.69) is 43.5 Å². The van der Waals surface area contributed by atoms with Crippen LogP contribution in [-0.2, 0) is 18.4 Å². The summed E-state index contributed by atoms with van der Waals surface area (Å²) in [5, 5.41) is 13.7. The van der Waals surface area contributed by atoms with Gasteiger partial charge in [-0.2, -0.15) is 0 Å². The van der Waals surface area contributed by atoms with Crippen LogP contribution in [0.2, 0.25) is 0 Å². The number of likely N-dealkylation sites (N-methyl/N-ethyl adjacent to an activating group) is 1. The van der Waals surface area contributed by atoms with Crippen LogP contribution in [0.25, 0.3) is 0 Å². The molecule has 0 saturated carbocycles. The van der Waals surface area contributed by atoms with Crippen LogP contribution in [-0.4, -0.2) is 73.4 Å². The Labute approximate surface area is 296 Å². The van der Waals surface area contributed by atoms with Crippen LogP contribution in [0.15, 0.2) is 36.5 Å². The minimum Gasteiger partial charge on any atom is -0.387 e. The topological polar surface area (TPSA) is 105 Å². The van der Waals surface area contributed by atoms with Gasteiger partial charge in [0.25, 0.3) is 0 Å². The Kier molecular flexibility index (Phi) is 30.8. The highest BCUT2D eigenvalue weighted by atomic mass is 31.2. The fourth-order valence-corrected chi connectivity index (χ4v) is 5.90. The molecule has 0 aliphatic rings. The number of phosphoric acid groups is 1. The number of aliphatic hydroxyl groups is 1. The molecule has 0 saturated heterocycles. The predicted molar refractivity (Wildman–Crippen MR) is 203 cm³/mol. The number of nitrogens with one attached hydrogen (secondary N) is 1. The fourth-order valence-electron chi connectivity index (χ4n) is 5.17. The molecular formula is C39H76N2O6P+. The second-order valence-corrected chi connectivity index (χ2v) is 15.7. The minimum absolute atomic E-state index is 0.0546. The van der Waals surface area contributed by atoms with Crippen LogP contribution >= 0.6 is 7.82 Å². The lowest BCUT2D eigenvalue weighted by atomic mass is 10.1. The van der Waals surface area contributed by atoms with Crippen molar-refractivity contribution in [1.82, 2.24) is 5.32 Å². The first-order valence-electron chi connectivity index (χ1n) is 19.4.